The van der Waals surface area contributed by atoms with Crippen molar-refractivity contribution in [2.45, 2.75) is 31.7 Å². The fourth-order valence-electron chi connectivity index (χ4n) is 8.37. The summed E-state index contributed by atoms with van der Waals surface area (Å²) in [6.07, 6.45) is 18.0. The third-order valence-corrected chi connectivity index (χ3v) is 10.8. The van der Waals surface area contributed by atoms with Crippen LogP contribution in [0.2, 0.25) is 0 Å². The van der Waals surface area contributed by atoms with Gasteiger partial charge in [-0.3, -0.25) is 4.57 Å². The summed E-state index contributed by atoms with van der Waals surface area (Å²) in [6.45, 7) is 0. The molecule has 0 saturated heterocycles. The average molecular weight is 644 g/mol. The molecule has 0 amide bonds. The molecule has 240 valence electrons. The standard InChI is InChI=1S/C47H37N3/c1-2-11-32(12-3-1)33-21-23-34(24-22-33)35-25-27-36(28-26-35)42-16-10-20-47(48-42)50-45-19-9-6-15-40(45)41-31-37(29-30-46(41)50)49-43-17-7-4-13-38(43)39-14-5-8-18-44(39)49/h1-5,7-14,16-28,31,42,48H,6,15,29-30H2. The topological polar surface area (TPSA) is 21.9 Å². The highest BCUT2D eigenvalue weighted by Gasteiger charge is 2.28. The molecule has 10 rings (SSSR count). The number of rotatable bonds is 5. The van der Waals surface area contributed by atoms with E-state index in [1.165, 1.54) is 77.8 Å². The predicted molar refractivity (Wildman–Crippen MR) is 210 cm³/mol. The van der Waals surface area contributed by atoms with E-state index < -0.39 is 0 Å². The van der Waals surface area contributed by atoms with Crippen molar-refractivity contribution in [3.8, 4) is 22.3 Å². The van der Waals surface area contributed by atoms with E-state index in [1.807, 2.05) is 0 Å². The van der Waals surface area contributed by atoms with Gasteiger partial charge in [0.05, 0.1) is 22.8 Å². The van der Waals surface area contributed by atoms with Crippen molar-refractivity contribution < 1.29 is 0 Å². The Balaban J connectivity index is 0.966. The largest absolute Gasteiger partial charge is 0.361 e. The van der Waals surface area contributed by atoms with Gasteiger partial charge in [-0.05, 0) is 89.4 Å². The Kier molecular flexibility index (Phi) is 6.83. The Hall–Kier alpha value is -6.06. The minimum absolute atomic E-state index is 0.0954. The first kappa shape index (κ1) is 28.9. The number of hydrogen-bond acceptors (Lipinski definition) is 1. The molecule has 1 unspecified atom stereocenters. The molecular formula is C47H37N3. The molecule has 1 aliphatic heterocycles. The molecule has 3 heterocycles. The molecule has 1 atom stereocenters. The molecule has 0 fully saturated rings. The van der Waals surface area contributed by atoms with Crippen LogP contribution in [0.25, 0.3) is 67.7 Å². The second-order valence-electron chi connectivity index (χ2n) is 13.6. The number of nitrogens with zero attached hydrogens (tertiary/aromatic N) is 2. The number of nitrogens with one attached hydrogen (secondary N) is 1. The monoisotopic (exact) mass is 643 g/mol. The summed E-state index contributed by atoms with van der Waals surface area (Å²) in [5.74, 6) is 1.15. The van der Waals surface area contributed by atoms with Gasteiger partial charge in [-0.2, -0.15) is 0 Å². The van der Waals surface area contributed by atoms with Crippen molar-refractivity contribution >= 4 is 45.5 Å². The molecule has 7 aromatic rings. The molecule has 0 spiro atoms. The molecule has 5 aromatic carbocycles. The Labute approximate surface area is 292 Å². The normalized spacial score (nSPS) is 16.5. The third kappa shape index (κ3) is 4.73. The Bertz CT molecular complexity index is 2480. The second-order valence-corrected chi connectivity index (χ2v) is 13.6. The van der Waals surface area contributed by atoms with Gasteiger partial charge in [0.2, 0.25) is 0 Å². The zero-order valence-electron chi connectivity index (χ0n) is 27.9. The zero-order valence-corrected chi connectivity index (χ0v) is 27.9. The van der Waals surface area contributed by atoms with E-state index in [4.69, 9.17) is 0 Å². The lowest BCUT2D eigenvalue weighted by Gasteiger charge is -2.27. The predicted octanol–water partition coefficient (Wildman–Crippen LogP) is 11.5. The van der Waals surface area contributed by atoms with Gasteiger partial charge in [0.15, 0.2) is 0 Å². The van der Waals surface area contributed by atoms with E-state index in [0.29, 0.717) is 0 Å². The van der Waals surface area contributed by atoms with Crippen molar-refractivity contribution in [1.82, 2.24) is 14.5 Å². The van der Waals surface area contributed by atoms with Crippen LogP contribution in [-0.4, -0.2) is 9.13 Å². The number of hydrogen-bond donors (Lipinski definition) is 1. The maximum atomic E-state index is 3.92. The van der Waals surface area contributed by atoms with Crippen LogP contribution in [0.3, 0.4) is 0 Å². The summed E-state index contributed by atoms with van der Waals surface area (Å²) < 4.78 is 5.02. The van der Waals surface area contributed by atoms with E-state index in [0.717, 1.165) is 31.5 Å². The lowest BCUT2D eigenvalue weighted by atomic mass is 9.94. The SMILES string of the molecule is C1=CC(c2ccc(-c3ccc(-c4ccccc4)cc3)cc2)NC(n2c3c(c4c2CCC(n2c5ccccc5c5ccccc52)=C4)CCC=C3)=C1. The van der Waals surface area contributed by atoms with Crippen LogP contribution in [0.15, 0.2) is 152 Å². The lowest BCUT2D eigenvalue weighted by Crippen LogP contribution is -2.26. The number of benzene rings is 5. The number of aromatic nitrogens is 2. The Morgan fingerprint density at radius 3 is 1.90 bits per heavy atom. The fraction of sp³-hybridized carbons (Fsp3) is 0.106. The molecule has 50 heavy (non-hydrogen) atoms. The van der Waals surface area contributed by atoms with E-state index in [-0.39, 0.29) is 6.04 Å². The molecule has 3 nitrogen and oxygen atoms in total. The van der Waals surface area contributed by atoms with E-state index in [1.54, 1.807) is 0 Å². The van der Waals surface area contributed by atoms with Crippen LogP contribution >= 0.6 is 0 Å². The third-order valence-electron chi connectivity index (χ3n) is 10.8. The molecule has 0 bridgehead atoms. The van der Waals surface area contributed by atoms with E-state index in [9.17, 15) is 0 Å². The molecule has 0 radical (unpaired) electrons. The van der Waals surface area contributed by atoms with Crippen molar-refractivity contribution in [2.24, 2.45) is 0 Å². The second kappa shape index (κ2) is 11.8. The molecular weight excluding hydrogens is 607 g/mol. The van der Waals surface area contributed by atoms with Crippen molar-refractivity contribution in [3.05, 3.63) is 180 Å². The quantitative estimate of drug-likeness (QED) is 0.198. The molecule has 1 N–H and O–H groups in total. The first-order valence-electron chi connectivity index (χ1n) is 17.8. The maximum Gasteiger partial charge on any atom is 0.111 e. The summed E-state index contributed by atoms with van der Waals surface area (Å²) in [5, 5.41) is 6.56. The van der Waals surface area contributed by atoms with E-state index >= 15 is 0 Å². The van der Waals surface area contributed by atoms with Crippen LogP contribution in [0, 0.1) is 0 Å². The fourth-order valence-corrected chi connectivity index (χ4v) is 8.37. The summed E-state index contributed by atoms with van der Waals surface area (Å²) in [4.78, 5) is 0. The van der Waals surface area contributed by atoms with Gasteiger partial charge in [-0.15, -0.1) is 0 Å². The van der Waals surface area contributed by atoms with Gasteiger partial charge in [0.25, 0.3) is 0 Å². The Morgan fingerprint density at radius 2 is 1.20 bits per heavy atom. The van der Waals surface area contributed by atoms with Gasteiger partial charge in [0.1, 0.15) is 5.82 Å². The molecule has 0 saturated carbocycles. The first-order valence-corrected chi connectivity index (χ1v) is 17.8. The molecule has 2 aromatic heterocycles. The highest BCUT2D eigenvalue weighted by Crippen LogP contribution is 2.41. The van der Waals surface area contributed by atoms with Crippen LogP contribution in [0.4, 0.5) is 0 Å². The zero-order chi connectivity index (χ0) is 33.0. The number of allylic oxidation sites excluding steroid dienone is 4. The highest BCUT2D eigenvalue weighted by atomic mass is 15.2. The van der Waals surface area contributed by atoms with Crippen LogP contribution in [0.1, 0.15) is 47.0 Å². The summed E-state index contributed by atoms with van der Waals surface area (Å²) in [5.41, 5.74) is 15.8. The summed E-state index contributed by atoms with van der Waals surface area (Å²) in [6, 6.07) is 46.3. The minimum atomic E-state index is 0.0954. The van der Waals surface area contributed by atoms with Crippen molar-refractivity contribution in [3.63, 3.8) is 0 Å². The highest BCUT2D eigenvalue weighted by molar-refractivity contribution is 6.10. The van der Waals surface area contributed by atoms with Gasteiger partial charge < -0.3 is 9.88 Å². The van der Waals surface area contributed by atoms with Crippen LogP contribution in [0.5, 0.6) is 0 Å². The maximum absolute atomic E-state index is 3.92. The average Bonchev–Trinajstić information content (AvgIpc) is 3.71. The summed E-state index contributed by atoms with van der Waals surface area (Å²) >= 11 is 0. The first-order chi connectivity index (χ1) is 24.8. The summed E-state index contributed by atoms with van der Waals surface area (Å²) in [7, 11) is 0. The van der Waals surface area contributed by atoms with Gasteiger partial charge in [0, 0.05) is 27.7 Å². The van der Waals surface area contributed by atoms with Crippen molar-refractivity contribution in [1.29, 1.82) is 0 Å². The Morgan fingerprint density at radius 1 is 0.580 bits per heavy atom. The molecule has 2 aliphatic carbocycles. The molecule has 3 heteroatoms. The van der Waals surface area contributed by atoms with Gasteiger partial charge in [-0.1, -0.05) is 133 Å². The van der Waals surface area contributed by atoms with Gasteiger partial charge in [-0.25, -0.2) is 0 Å². The number of dihydropyridines is 1. The van der Waals surface area contributed by atoms with Gasteiger partial charge >= 0.3 is 0 Å². The van der Waals surface area contributed by atoms with Crippen molar-refractivity contribution in [2.75, 3.05) is 0 Å². The minimum Gasteiger partial charge on any atom is -0.361 e. The van der Waals surface area contributed by atoms with E-state index in [2.05, 4.69) is 178 Å². The van der Waals surface area contributed by atoms with Crippen LogP contribution in [-0.2, 0) is 12.8 Å². The number of fused-ring (bicyclic) bond motifs is 6. The lowest BCUT2D eigenvalue weighted by molar-refractivity contribution is 0.711. The smallest absolute Gasteiger partial charge is 0.111 e. The molecule has 3 aliphatic rings. The van der Waals surface area contributed by atoms with Crippen LogP contribution < -0.4 is 5.32 Å². The number of para-hydroxylation sites is 2.